The highest BCUT2D eigenvalue weighted by Gasteiger charge is 2.07. The van der Waals surface area contributed by atoms with Crippen LogP contribution in [-0.4, -0.2) is 22.6 Å². The van der Waals surface area contributed by atoms with Gasteiger partial charge in [0.25, 0.3) is 0 Å². The van der Waals surface area contributed by atoms with Crippen LogP contribution >= 0.6 is 0 Å². The number of pyridine rings is 1. The average molecular weight is 237 g/mol. The molecule has 0 amide bonds. The molecule has 17 heavy (non-hydrogen) atoms. The lowest BCUT2D eigenvalue weighted by Gasteiger charge is -2.10. The van der Waals surface area contributed by atoms with E-state index in [0.717, 1.165) is 12.8 Å². The molecule has 94 valence electrons. The number of amidine groups is 1. The predicted molar refractivity (Wildman–Crippen MR) is 66.3 cm³/mol. The van der Waals surface area contributed by atoms with Crippen molar-refractivity contribution in [1.29, 1.82) is 0 Å². The molecule has 1 aromatic rings. The van der Waals surface area contributed by atoms with Gasteiger partial charge in [0.2, 0.25) is 0 Å². The van der Waals surface area contributed by atoms with Crippen LogP contribution in [0.3, 0.4) is 0 Å². The van der Waals surface area contributed by atoms with E-state index in [0.29, 0.717) is 23.8 Å². The smallest absolute Gasteiger partial charge is 0.173 e. The Bertz CT molecular complexity index is 378. The fourth-order valence-electron chi connectivity index (χ4n) is 1.43. The van der Waals surface area contributed by atoms with Crippen LogP contribution in [0.2, 0.25) is 0 Å². The van der Waals surface area contributed by atoms with Crippen LogP contribution in [-0.2, 0) is 0 Å². The van der Waals surface area contributed by atoms with E-state index in [2.05, 4.69) is 24.0 Å². The molecule has 1 aromatic heterocycles. The SMILES string of the molecule is CC(C)CCCOc1cnccc1/C(N)=N/O. The second-order valence-corrected chi connectivity index (χ2v) is 4.24. The zero-order valence-corrected chi connectivity index (χ0v) is 10.3. The number of aromatic nitrogens is 1. The monoisotopic (exact) mass is 237 g/mol. The van der Waals surface area contributed by atoms with E-state index in [1.54, 1.807) is 18.5 Å². The zero-order chi connectivity index (χ0) is 12.7. The van der Waals surface area contributed by atoms with Gasteiger partial charge in [-0.05, 0) is 24.8 Å². The predicted octanol–water partition coefficient (Wildman–Crippen LogP) is 1.99. The first-order valence-corrected chi connectivity index (χ1v) is 5.70. The van der Waals surface area contributed by atoms with Crippen LogP contribution in [0.25, 0.3) is 0 Å². The Hall–Kier alpha value is -1.78. The molecule has 0 saturated carbocycles. The maximum absolute atomic E-state index is 8.64. The molecule has 0 bridgehead atoms. The first-order chi connectivity index (χ1) is 8.15. The minimum Gasteiger partial charge on any atom is -0.491 e. The third kappa shape index (κ3) is 4.30. The van der Waals surface area contributed by atoms with Gasteiger partial charge in [0.1, 0.15) is 5.75 Å². The third-order valence-electron chi connectivity index (χ3n) is 2.35. The molecule has 0 aliphatic carbocycles. The van der Waals surface area contributed by atoms with Crippen molar-refractivity contribution in [3.05, 3.63) is 24.0 Å². The van der Waals surface area contributed by atoms with Gasteiger partial charge in [-0.2, -0.15) is 0 Å². The first kappa shape index (κ1) is 13.3. The van der Waals surface area contributed by atoms with Crippen LogP contribution in [0.1, 0.15) is 32.3 Å². The van der Waals surface area contributed by atoms with E-state index >= 15 is 0 Å². The molecule has 5 heteroatoms. The number of ether oxygens (including phenoxy) is 1. The Kier molecular flexibility index (Phi) is 5.26. The van der Waals surface area contributed by atoms with Gasteiger partial charge in [-0.25, -0.2) is 0 Å². The van der Waals surface area contributed by atoms with Crippen molar-refractivity contribution in [3.8, 4) is 5.75 Å². The van der Waals surface area contributed by atoms with Gasteiger partial charge in [-0.1, -0.05) is 19.0 Å². The number of rotatable bonds is 6. The lowest BCUT2D eigenvalue weighted by molar-refractivity contribution is 0.295. The summed E-state index contributed by atoms with van der Waals surface area (Å²) in [6.07, 6.45) is 5.23. The van der Waals surface area contributed by atoms with E-state index in [1.165, 1.54) is 0 Å². The van der Waals surface area contributed by atoms with Gasteiger partial charge in [-0.15, -0.1) is 0 Å². The lowest BCUT2D eigenvalue weighted by atomic mass is 10.1. The Morgan fingerprint density at radius 1 is 1.59 bits per heavy atom. The molecule has 1 heterocycles. The quantitative estimate of drug-likeness (QED) is 0.261. The fourth-order valence-corrected chi connectivity index (χ4v) is 1.43. The Morgan fingerprint density at radius 3 is 3.00 bits per heavy atom. The number of nitrogens with zero attached hydrogens (tertiary/aromatic N) is 2. The van der Waals surface area contributed by atoms with Crippen LogP contribution in [0.4, 0.5) is 0 Å². The highest BCUT2D eigenvalue weighted by molar-refractivity contribution is 5.99. The summed E-state index contributed by atoms with van der Waals surface area (Å²) in [6.45, 7) is 4.95. The maximum Gasteiger partial charge on any atom is 0.173 e. The molecule has 0 saturated heterocycles. The number of nitrogens with two attached hydrogens (primary N) is 1. The summed E-state index contributed by atoms with van der Waals surface area (Å²) in [4.78, 5) is 3.96. The molecule has 0 spiro atoms. The van der Waals surface area contributed by atoms with Crippen LogP contribution in [0, 0.1) is 5.92 Å². The maximum atomic E-state index is 8.64. The Morgan fingerprint density at radius 2 is 2.35 bits per heavy atom. The Balaban J connectivity index is 2.58. The fraction of sp³-hybridized carbons (Fsp3) is 0.500. The molecule has 3 N–H and O–H groups in total. The molecule has 0 unspecified atom stereocenters. The van der Waals surface area contributed by atoms with E-state index in [-0.39, 0.29) is 5.84 Å². The summed E-state index contributed by atoms with van der Waals surface area (Å²) in [5, 5.41) is 11.6. The molecule has 5 nitrogen and oxygen atoms in total. The second-order valence-electron chi connectivity index (χ2n) is 4.24. The van der Waals surface area contributed by atoms with Crippen LogP contribution in [0.15, 0.2) is 23.6 Å². The molecule has 0 aliphatic rings. The molecular formula is C12H19N3O2. The van der Waals surface area contributed by atoms with Crippen molar-refractivity contribution in [2.45, 2.75) is 26.7 Å². The normalized spacial score (nSPS) is 11.8. The number of hydrogen-bond donors (Lipinski definition) is 2. The van der Waals surface area contributed by atoms with Crippen molar-refractivity contribution in [3.63, 3.8) is 0 Å². The molecule has 0 aromatic carbocycles. The first-order valence-electron chi connectivity index (χ1n) is 5.70. The molecule has 0 atom stereocenters. The zero-order valence-electron chi connectivity index (χ0n) is 10.3. The summed E-state index contributed by atoms with van der Waals surface area (Å²) in [6, 6.07) is 1.66. The van der Waals surface area contributed by atoms with Crippen LogP contribution in [0.5, 0.6) is 5.75 Å². The highest BCUT2D eigenvalue weighted by atomic mass is 16.5. The van der Waals surface area contributed by atoms with Crippen molar-refractivity contribution >= 4 is 5.84 Å². The van der Waals surface area contributed by atoms with Gasteiger partial charge >= 0.3 is 0 Å². The Labute approximate surface area is 101 Å². The second kappa shape index (κ2) is 6.73. The summed E-state index contributed by atoms with van der Waals surface area (Å²) >= 11 is 0. The number of oxime groups is 1. The van der Waals surface area contributed by atoms with Gasteiger partial charge in [0.05, 0.1) is 18.4 Å². The van der Waals surface area contributed by atoms with Crippen molar-refractivity contribution in [1.82, 2.24) is 4.98 Å². The van der Waals surface area contributed by atoms with E-state index in [1.807, 2.05) is 0 Å². The van der Waals surface area contributed by atoms with E-state index in [9.17, 15) is 0 Å². The largest absolute Gasteiger partial charge is 0.491 e. The van der Waals surface area contributed by atoms with Gasteiger partial charge in [-0.3, -0.25) is 4.98 Å². The summed E-state index contributed by atoms with van der Waals surface area (Å²) in [5.41, 5.74) is 6.10. The summed E-state index contributed by atoms with van der Waals surface area (Å²) in [7, 11) is 0. The molecule has 0 fully saturated rings. The standard InChI is InChI=1S/C12H19N3O2/c1-9(2)4-3-7-17-11-8-14-6-5-10(11)12(13)15-16/h5-6,8-9,16H,3-4,7H2,1-2H3,(H2,13,15). The minimum absolute atomic E-state index is 0.0336. The van der Waals surface area contributed by atoms with Crippen molar-refractivity contribution in [2.75, 3.05) is 6.61 Å². The summed E-state index contributed by atoms with van der Waals surface area (Å²) < 4.78 is 5.58. The van der Waals surface area contributed by atoms with E-state index < -0.39 is 0 Å². The van der Waals surface area contributed by atoms with Crippen molar-refractivity contribution in [2.24, 2.45) is 16.8 Å². The van der Waals surface area contributed by atoms with Crippen molar-refractivity contribution < 1.29 is 9.94 Å². The summed E-state index contributed by atoms with van der Waals surface area (Å²) in [5.74, 6) is 1.24. The van der Waals surface area contributed by atoms with Crippen LogP contribution < -0.4 is 10.5 Å². The highest BCUT2D eigenvalue weighted by Crippen LogP contribution is 2.16. The average Bonchev–Trinajstić information content (AvgIpc) is 2.34. The topological polar surface area (TPSA) is 80.7 Å². The molecule has 0 radical (unpaired) electrons. The molecular weight excluding hydrogens is 218 g/mol. The molecule has 0 aliphatic heterocycles. The minimum atomic E-state index is 0.0336. The van der Waals surface area contributed by atoms with Gasteiger partial charge in [0, 0.05) is 6.20 Å². The molecule has 1 rings (SSSR count). The third-order valence-corrected chi connectivity index (χ3v) is 2.35. The van der Waals surface area contributed by atoms with Gasteiger partial charge in [0.15, 0.2) is 5.84 Å². The lowest BCUT2D eigenvalue weighted by Crippen LogP contribution is -2.15. The van der Waals surface area contributed by atoms with E-state index in [4.69, 9.17) is 15.7 Å². The number of hydrogen-bond acceptors (Lipinski definition) is 4. The van der Waals surface area contributed by atoms with Gasteiger partial charge < -0.3 is 15.7 Å².